The van der Waals surface area contributed by atoms with Crippen molar-refractivity contribution in [1.82, 2.24) is 5.32 Å². The highest BCUT2D eigenvalue weighted by Gasteiger charge is 2.38. The van der Waals surface area contributed by atoms with Crippen molar-refractivity contribution >= 4 is 11.9 Å². The minimum absolute atomic E-state index is 0.0352. The van der Waals surface area contributed by atoms with Crippen LogP contribution in [0, 0.1) is 22.7 Å². The van der Waals surface area contributed by atoms with Gasteiger partial charge in [-0.3, -0.25) is 9.59 Å². The summed E-state index contributed by atoms with van der Waals surface area (Å²) >= 11 is 0. The number of amides is 1. The highest BCUT2D eigenvalue weighted by Crippen LogP contribution is 2.31. The summed E-state index contributed by atoms with van der Waals surface area (Å²) < 4.78 is 0. The Morgan fingerprint density at radius 3 is 2.47 bits per heavy atom. The molecule has 0 aliphatic heterocycles. The van der Waals surface area contributed by atoms with Gasteiger partial charge in [0.1, 0.15) is 0 Å². The number of nitrogens with zero attached hydrogens (tertiary/aromatic N) is 1. The van der Waals surface area contributed by atoms with Crippen LogP contribution in [0.4, 0.5) is 0 Å². The fourth-order valence-electron chi connectivity index (χ4n) is 1.32. The molecule has 96 valence electrons. The minimum Gasteiger partial charge on any atom is -0.481 e. The van der Waals surface area contributed by atoms with E-state index in [0.717, 1.165) is 0 Å². The molecule has 0 aromatic carbocycles. The lowest BCUT2D eigenvalue weighted by Gasteiger charge is -2.28. The number of carbonyl (C=O) groups is 2. The van der Waals surface area contributed by atoms with Gasteiger partial charge in [0.05, 0.1) is 11.5 Å². The number of nitriles is 1. The molecule has 0 aromatic heterocycles. The normalized spacial score (nSPS) is 13.8. The number of rotatable bonds is 7. The van der Waals surface area contributed by atoms with Gasteiger partial charge in [0.25, 0.3) is 0 Å². The summed E-state index contributed by atoms with van der Waals surface area (Å²) in [5, 5.41) is 20.1. The fraction of sp³-hybridized carbons (Fsp3) is 0.750. The van der Waals surface area contributed by atoms with Crippen LogP contribution in [0.5, 0.6) is 0 Å². The van der Waals surface area contributed by atoms with Crippen LogP contribution >= 0.6 is 0 Å². The van der Waals surface area contributed by atoms with Crippen LogP contribution in [0.1, 0.15) is 40.0 Å². The van der Waals surface area contributed by atoms with E-state index in [1.54, 1.807) is 20.8 Å². The molecule has 1 atom stereocenters. The third kappa shape index (κ3) is 4.85. The van der Waals surface area contributed by atoms with Crippen molar-refractivity contribution < 1.29 is 14.7 Å². The summed E-state index contributed by atoms with van der Waals surface area (Å²) in [6.07, 6.45) is 0.945. The quantitative estimate of drug-likeness (QED) is 0.660. The fourth-order valence-corrected chi connectivity index (χ4v) is 1.32. The molecule has 0 spiro atoms. The Hall–Kier alpha value is -1.57. The molecule has 0 saturated heterocycles. The second kappa shape index (κ2) is 6.89. The Morgan fingerprint density at radius 2 is 2.06 bits per heavy atom. The van der Waals surface area contributed by atoms with E-state index in [0.29, 0.717) is 19.4 Å². The number of carboxylic acid groups (broad SMARTS) is 1. The predicted molar refractivity (Wildman–Crippen MR) is 63.1 cm³/mol. The van der Waals surface area contributed by atoms with Gasteiger partial charge in [0.2, 0.25) is 5.91 Å². The van der Waals surface area contributed by atoms with Gasteiger partial charge in [-0.25, -0.2) is 0 Å². The Labute approximate surface area is 102 Å². The van der Waals surface area contributed by atoms with Crippen LogP contribution in [0.25, 0.3) is 0 Å². The monoisotopic (exact) mass is 240 g/mol. The average Bonchev–Trinajstić information content (AvgIpc) is 2.23. The lowest BCUT2D eigenvalue weighted by molar-refractivity contribution is -0.153. The van der Waals surface area contributed by atoms with Crippen LogP contribution in [-0.2, 0) is 9.59 Å². The van der Waals surface area contributed by atoms with Gasteiger partial charge in [0, 0.05) is 19.4 Å². The predicted octanol–water partition coefficient (Wildman–Crippen LogP) is 1.54. The van der Waals surface area contributed by atoms with E-state index >= 15 is 0 Å². The smallest absolute Gasteiger partial charge is 0.310 e. The van der Waals surface area contributed by atoms with E-state index in [4.69, 9.17) is 10.4 Å². The first-order valence-electron chi connectivity index (χ1n) is 5.71. The third-order valence-electron chi connectivity index (χ3n) is 3.08. The molecule has 0 fully saturated rings. The number of carbonyl (C=O) groups excluding carboxylic acids is 1. The van der Waals surface area contributed by atoms with Crippen LogP contribution in [0.3, 0.4) is 0 Å². The topological polar surface area (TPSA) is 90.2 Å². The molecule has 0 heterocycles. The molecule has 0 bridgehead atoms. The summed E-state index contributed by atoms with van der Waals surface area (Å²) in [6.45, 7) is 5.57. The third-order valence-corrected chi connectivity index (χ3v) is 3.08. The van der Waals surface area contributed by atoms with Gasteiger partial charge < -0.3 is 10.4 Å². The molecule has 17 heavy (non-hydrogen) atoms. The second-order valence-corrected chi connectivity index (χ2v) is 4.67. The minimum atomic E-state index is -1.04. The van der Waals surface area contributed by atoms with Crippen LogP contribution in [0.15, 0.2) is 0 Å². The van der Waals surface area contributed by atoms with Gasteiger partial charge in [-0.1, -0.05) is 13.8 Å². The maximum Gasteiger partial charge on any atom is 0.310 e. The van der Waals surface area contributed by atoms with Crippen molar-refractivity contribution in [3.05, 3.63) is 0 Å². The number of nitrogens with one attached hydrogen (secondary N) is 1. The number of hydrogen-bond donors (Lipinski definition) is 2. The first kappa shape index (κ1) is 15.4. The van der Waals surface area contributed by atoms with Crippen LogP contribution in [-0.4, -0.2) is 23.5 Å². The Kier molecular flexibility index (Phi) is 6.26. The van der Waals surface area contributed by atoms with E-state index < -0.39 is 11.4 Å². The number of carboxylic acids is 1. The maximum atomic E-state index is 11.6. The van der Waals surface area contributed by atoms with E-state index in [2.05, 4.69) is 5.32 Å². The van der Waals surface area contributed by atoms with E-state index in [1.807, 2.05) is 6.07 Å². The van der Waals surface area contributed by atoms with Crippen molar-refractivity contribution in [1.29, 1.82) is 5.26 Å². The van der Waals surface area contributed by atoms with Gasteiger partial charge in [0.15, 0.2) is 0 Å². The molecular weight excluding hydrogens is 220 g/mol. The summed E-state index contributed by atoms with van der Waals surface area (Å²) in [4.78, 5) is 22.7. The van der Waals surface area contributed by atoms with Gasteiger partial charge in [-0.15, -0.1) is 0 Å². The molecule has 5 heteroatoms. The molecule has 2 N–H and O–H groups in total. The van der Waals surface area contributed by atoms with Crippen LogP contribution < -0.4 is 5.32 Å². The zero-order valence-electron chi connectivity index (χ0n) is 10.6. The molecular formula is C12H20N2O3. The SMILES string of the molecule is CC(C)C(C)(CC(=O)NCCCC#N)C(=O)O. The zero-order valence-corrected chi connectivity index (χ0v) is 10.6. The molecule has 1 unspecified atom stereocenters. The van der Waals surface area contributed by atoms with E-state index in [1.165, 1.54) is 0 Å². The highest BCUT2D eigenvalue weighted by atomic mass is 16.4. The van der Waals surface area contributed by atoms with Crippen LogP contribution in [0.2, 0.25) is 0 Å². The molecule has 0 aliphatic rings. The van der Waals surface area contributed by atoms with Gasteiger partial charge >= 0.3 is 5.97 Å². The summed E-state index contributed by atoms with van der Waals surface area (Å²) in [7, 11) is 0. The lowest BCUT2D eigenvalue weighted by atomic mass is 9.76. The van der Waals surface area contributed by atoms with Crippen molar-refractivity contribution in [3.63, 3.8) is 0 Å². The molecule has 1 amide bonds. The maximum absolute atomic E-state index is 11.6. The Bertz CT molecular complexity index is 320. The van der Waals surface area contributed by atoms with Crippen molar-refractivity contribution in [3.8, 4) is 6.07 Å². The molecule has 0 saturated carbocycles. The molecule has 0 rings (SSSR count). The largest absolute Gasteiger partial charge is 0.481 e. The molecule has 0 aliphatic carbocycles. The first-order chi connectivity index (χ1) is 7.84. The molecule has 0 radical (unpaired) electrons. The first-order valence-corrected chi connectivity index (χ1v) is 5.71. The lowest BCUT2D eigenvalue weighted by Crippen LogP contribution is -2.39. The molecule has 5 nitrogen and oxygen atoms in total. The number of aliphatic carboxylic acids is 1. The Balaban J connectivity index is 4.25. The van der Waals surface area contributed by atoms with Crippen molar-refractivity contribution in [2.75, 3.05) is 6.54 Å². The van der Waals surface area contributed by atoms with Gasteiger partial charge in [-0.2, -0.15) is 5.26 Å². The summed E-state index contributed by atoms with van der Waals surface area (Å²) in [6, 6.07) is 1.98. The van der Waals surface area contributed by atoms with Gasteiger partial charge in [-0.05, 0) is 19.3 Å². The summed E-state index contributed by atoms with van der Waals surface area (Å²) in [5.74, 6) is -1.36. The summed E-state index contributed by atoms with van der Waals surface area (Å²) in [5.41, 5.74) is -1.04. The van der Waals surface area contributed by atoms with E-state index in [9.17, 15) is 9.59 Å². The second-order valence-electron chi connectivity index (χ2n) is 4.67. The van der Waals surface area contributed by atoms with Crippen molar-refractivity contribution in [2.45, 2.75) is 40.0 Å². The highest BCUT2D eigenvalue weighted by molar-refractivity contribution is 5.84. The molecule has 0 aromatic rings. The number of hydrogen-bond acceptors (Lipinski definition) is 3. The number of unbranched alkanes of at least 4 members (excludes halogenated alkanes) is 1. The van der Waals surface area contributed by atoms with Crippen molar-refractivity contribution in [2.24, 2.45) is 11.3 Å². The van der Waals surface area contributed by atoms with E-state index in [-0.39, 0.29) is 18.2 Å². The zero-order chi connectivity index (χ0) is 13.5. The average molecular weight is 240 g/mol. The Morgan fingerprint density at radius 1 is 1.47 bits per heavy atom. The standard InChI is InChI=1S/C12H20N2O3/c1-9(2)12(3,11(16)17)8-10(15)14-7-5-4-6-13/h9H,4-5,7-8H2,1-3H3,(H,14,15)(H,16,17).